The number of aromatic nitrogens is 2. The Kier molecular flexibility index (Phi) is 11.1. The lowest BCUT2D eigenvalue weighted by molar-refractivity contribution is 1.27. The molecule has 8 heteroatoms. The molecule has 0 aliphatic rings. The number of hydrogen-bond acceptors (Lipinski definition) is 6. The standard InChI is InChI=1S/C64H42N8/c1-39-7-19-47(20-8-39)71(48-21-9-40(2)10-22-48)51-27-15-43(16-28-51)53-33-61-62(34-54(53)44-17-29-52(30-18-44)72(49-23-11-41(3)12-24-49)50-25-13-42(4)14-26-50)70-64-58-36-60(68-6)59(67-5)35-56(58)55-31-45(37-65)46(38-66)32-57(55)63(64)69-61/h7-36H,1-4H3. The third kappa shape index (κ3) is 7.92. The predicted octanol–water partition coefficient (Wildman–Crippen LogP) is 17.4. The van der Waals surface area contributed by atoms with Gasteiger partial charge in [-0.3, -0.25) is 9.69 Å². The number of nitriles is 2. The smallest absolute Gasteiger partial charge is 0.195 e. The number of nitrogens with zero attached hydrogens (tertiary/aromatic N) is 8. The van der Waals surface area contributed by atoms with Gasteiger partial charge >= 0.3 is 0 Å². The largest absolute Gasteiger partial charge is 0.311 e. The Balaban J connectivity index is 1.14. The van der Waals surface area contributed by atoms with E-state index in [1.807, 2.05) is 0 Å². The summed E-state index contributed by atoms with van der Waals surface area (Å²) < 4.78 is 0. The number of fused-ring (bicyclic) bond motifs is 7. The highest BCUT2D eigenvalue weighted by Gasteiger charge is 2.21. The van der Waals surface area contributed by atoms with Crippen molar-refractivity contribution in [3.8, 4) is 34.4 Å². The van der Waals surface area contributed by atoms with Gasteiger partial charge in [0, 0.05) is 39.5 Å². The van der Waals surface area contributed by atoms with Crippen molar-refractivity contribution in [1.82, 2.24) is 9.97 Å². The van der Waals surface area contributed by atoms with Crippen LogP contribution in [0, 0.1) is 63.5 Å². The number of aryl methyl sites for hydroxylation is 4. The maximum Gasteiger partial charge on any atom is 0.195 e. The lowest BCUT2D eigenvalue weighted by Crippen LogP contribution is -2.10. The van der Waals surface area contributed by atoms with Gasteiger partial charge in [-0.25, -0.2) is 9.97 Å². The molecule has 0 bridgehead atoms. The van der Waals surface area contributed by atoms with Crippen molar-refractivity contribution in [3.63, 3.8) is 0 Å². The maximum atomic E-state index is 10.2. The molecule has 0 saturated carbocycles. The van der Waals surface area contributed by atoms with Crippen LogP contribution in [-0.4, -0.2) is 9.97 Å². The van der Waals surface area contributed by atoms with Gasteiger partial charge < -0.3 is 9.80 Å². The Morgan fingerprint density at radius 1 is 0.375 bits per heavy atom. The molecule has 0 amide bonds. The predicted molar refractivity (Wildman–Crippen MR) is 293 cm³/mol. The highest BCUT2D eigenvalue weighted by molar-refractivity contribution is 6.25. The lowest BCUT2D eigenvalue weighted by atomic mass is 9.92. The van der Waals surface area contributed by atoms with Crippen molar-refractivity contribution in [1.29, 1.82) is 10.5 Å². The summed E-state index contributed by atoms with van der Waals surface area (Å²) in [5.74, 6) is 0. The minimum absolute atomic E-state index is 0.195. The van der Waals surface area contributed by atoms with Crippen LogP contribution in [0.4, 0.5) is 45.5 Å². The maximum absolute atomic E-state index is 10.2. The first-order chi connectivity index (χ1) is 35.1. The second-order valence-corrected chi connectivity index (χ2v) is 18.2. The SMILES string of the molecule is [C-]#[N+]c1cc2c3cc(C#N)c(C#N)cc3c3nc4cc(-c5ccc(N(c6ccc(C)cc6)c6ccc(C)cc6)cc5)c(-c5ccc(N(c6ccc(C)cc6)c6ccc(C)cc6)cc5)cc4nc3c2cc1[N+]#[C-]. The summed E-state index contributed by atoms with van der Waals surface area (Å²) in [6.07, 6.45) is 0. The van der Waals surface area contributed by atoms with Crippen molar-refractivity contribution in [2.24, 2.45) is 0 Å². The fourth-order valence-electron chi connectivity index (χ4n) is 9.58. The Bertz CT molecular complexity index is 3770. The van der Waals surface area contributed by atoms with Gasteiger partial charge in [-0.05, 0) is 163 Å². The summed E-state index contributed by atoms with van der Waals surface area (Å²) in [6, 6.07) is 66.8. The van der Waals surface area contributed by atoms with Crippen molar-refractivity contribution >= 4 is 89.1 Å². The topological polar surface area (TPSA) is 88.6 Å². The van der Waals surface area contributed by atoms with Gasteiger partial charge in [-0.15, -0.1) is 0 Å². The summed E-state index contributed by atoms with van der Waals surface area (Å²) in [7, 11) is 0. The van der Waals surface area contributed by atoms with Crippen LogP contribution in [0.5, 0.6) is 0 Å². The Morgan fingerprint density at radius 2 is 0.653 bits per heavy atom. The van der Waals surface area contributed by atoms with E-state index in [0.29, 0.717) is 43.6 Å². The van der Waals surface area contributed by atoms with E-state index in [1.54, 1.807) is 24.3 Å². The summed E-state index contributed by atoms with van der Waals surface area (Å²) in [5, 5.41) is 22.8. The van der Waals surface area contributed by atoms with Gasteiger partial charge in [0.25, 0.3) is 0 Å². The van der Waals surface area contributed by atoms with E-state index < -0.39 is 0 Å². The molecule has 0 saturated heterocycles. The molecular formula is C64H42N8. The van der Waals surface area contributed by atoms with Gasteiger partial charge in [0.15, 0.2) is 11.4 Å². The molecule has 1 aromatic heterocycles. The second kappa shape index (κ2) is 18.1. The number of benzene rings is 10. The van der Waals surface area contributed by atoms with Crippen LogP contribution in [-0.2, 0) is 0 Å². The first-order valence-corrected chi connectivity index (χ1v) is 23.5. The van der Waals surface area contributed by atoms with Crippen LogP contribution in [0.1, 0.15) is 33.4 Å². The van der Waals surface area contributed by atoms with E-state index in [0.717, 1.165) is 56.4 Å². The monoisotopic (exact) mass is 922 g/mol. The van der Waals surface area contributed by atoms with Gasteiger partial charge in [0.1, 0.15) is 12.1 Å². The summed E-state index contributed by atoms with van der Waals surface area (Å²) in [6.45, 7) is 24.2. The molecule has 0 radical (unpaired) electrons. The van der Waals surface area contributed by atoms with E-state index >= 15 is 0 Å². The second-order valence-electron chi connectivity index (χ2n) is 18.2. The van der Waals surface area contributed by atoms with Crippen molar-refractivity contribution < 1.29 is 0 Å². The molecule has 0 aliphatic carbocycles. The van der Waals surface area contributed by atoms with E-state index in [4.69, 9.17) is 23.1 Å². The fourth-order valence-corrected chi connectivity index (χ4v) is 9.58. The molecule has 8 nitrogen and oxygen atoms in total. The molecule has 0 aliphatic heterocycles. The molecule has 0 unspecified atom stereocenters. The van der Waals surface area contributed by atoms with Crippen molar-refractivity contribution in [3.05, 3.63) is 238 Å². The average Bonchev–Trinajstić information content (AvgIpc) is 3.42. The highest BCUT2D eigenvalue weighted by atomic mass is 15.1. The summed E-state index contributed by atoms with van der Waals surface area (Å²) in [4.78, 5) is 22.6. The zero-order valence-corrected chi connectivity index (χ0v) is 39.9. The van der Waals surface area contributed by atoms with Crippen LogP contribution in [0.25, 0.3) is 75.6 Å². The number of rotatable bonds is 8. The summed E-state index contributed by atoms with van der Waals surface area (Å²) >= 11 is 0. The van der Waals surface area contributed by atoms with Crippen molar-refractivity contribution in [2.75, 3.05) is 9.80 Å². The molecule has 0 fully saturated rings. The van der Waals surface area contributed by atoms with Gasteiger partial charge in [-0.1, -0.05) is 107 Å². The number of hydrogen-bond donors (Lipinski definition) is 0. The zero-order chi connectivity index (χ0) is 49.6. The normalized spacial score (nSPS) is 11.0. The van der Waals surface area contributed by atoms with E-state index in [2.05, 4.69) is 217 Å². The first-order valence-electron chi connectivity index (χ1n) is 23.5. The quantitative estimate of drug-likeness (QED) is 0.0857. The molecule has 0 spiro atoms. The van der Waals surface area contributed by atoms with Gasteiger partial charge in [0.2, 0.25) is 0 Å². The molecule has 72 heavy (non-hydrogen) atoms. The third-order valence-electron chi connectivity index (χ3n) is 13.4. The van der Waals surface area contributed by atoms with E-state index in [-0.39, 0.29) is 22.5 Å². The Morgan fingerprint density at radius 3 is 0.972 bits per heavy atom. The third-order valence-corrected chi connectivity index (χ3v) is 13.4. The molecule has 338 valence electrons. The van der Waals surface area contributed by atoms with Crippen LogP contribution in [0.2, 0.25) is 0 Å². The van der Waals surface area contributed by atoms with Crippen LogP contribution >= 0.6 is 0 Å². The van der Waals surface area contributed by atoms with E-state index in [1.165, 1.54) is 22.3 Å². The fraction of sp³-hybridized carbons (Fsp3) is 0.0625. The first kappa shape index (κ1) is 44.4. The number of anilines is 6. The molecule has 0 atom stereocenters. The molecule has 10 aromatic carbocycles. The van der Waals surface area contributed by atoms with Crippen molar-refractivity contribution in [2.45, 2.75) is 27.7 Å². The molecule has 1 heterocycles. The van der Waals surface area contributed by atoms with Crippen LogP contribution < -0.4 is 9.80 Å². The average molecular weight is 923 g/mol. The van der Waals surface area contributed by atoms with Gasteiger partial charge in [-0.2, -0.15) is 10.5 Å². The Hall–Kier alpha value is -10.1. The van der Waals surface area contributed by atoms with Gasteiger partial charge in [0.05, 0.1) is 46.3 Å². The minimum atomic E-state index is 0.195. The Labute approximate surface area is 417 Å². The van der Waals surface area contributed by atoms with E-state index in [9.17, 15) is 10.5 Å². The lowest BCUT2D eigenvalue weighted by Gasteiger charge is -2.26. The highest BCUT2D eigenvalue weighted by Crippen LogP contribution is 2.45. The van der Waals surface area contributed by atoms with Crippen LogP contribution in [0.15, 0.2) is 182 Å². The minimum Gasteiger partial charge on any atom is -0.311 e. The molecule has 11 rings (SSSR count). The van der Waals surface area contributed by atoms with Crippen LogP contribution in [0.3, 0.4) is 0 Å². The summed E-state index contributed by atoms with van der Waals surface area (Å²) in [5.41, 5.74) is 17.9. The molecular weight excluding hydrogens is 881 g/mol. The molecule has 0 N–H and O–H groups in total. The molecule has 11 aromatic rings. The zero-order valence-electron chi connectivity index (χ0n) is 39.9.